The van der Waals surface area contributed by atoms with Crippen LogP contribution in [0.25, 0.3) is 24.3 Å². The van der Waals surface area contributed by atoms with E-state index in [1.54, 1.807) is 34.0 Å². The Morgan fingerprint density at radius 3 is 1.19 bits per heavy atom. The average Bonchev–Trinajstić information content (AvgIpc) is 3.16. The lowest BCUT2D eigenvalue weighted by atomic mass is 10.3. The van der Waals surface area contributed by atoms with Crippen molar-refractivity contribution >= 4 is 68.3 Å². The van der Waals surface area contributed by atoms with Crippen LogP contribution in [0.3, 0.4) is 0 Å². The molecule has 5 heteroatoms. The Labute approximate surface area is 135 Å². The molecule has 0 saturated carbocycles. The number of anilines is 2. The molecule has 3 aromatic rings. The van der Waals surface area contributed by atoms with E-state index in [1.165, 1.54) is 19.5 Å². The number of hydrogen-bond donors (Lipinski definition) is 2. The molecular formula is C16H14N2S3. The molecule has 106 valence electrons. The molecule has 0 radical (unpaired) electrons. The maximum absolute atomic E-state index is 5.72. The van der Waals surface area contributed by atoms with Gasteiger partial charge in [0.1, 0.15) is 0 Å². The van der Waals surface area contributed by atoms with Crippen LogP contribution < -0.4 is 11.5 Å². The van der Waals surface area contributed by atoms with Crippen molar-refractivity contribution in [1.29, 1.82) is 0 Å². The van der Waals surface area contributed by atoms with E-state index in [1.807, 2.05) is 24.3 Å². The van der Waals surface area contributed by atoms with Crippen molar-refractivity contribution < 1.29 is 0 Å². The molecule has 3 heterocycles. The van der Waals surface area contributed by atoms with Crippen molar-refractivity contribution in [2.75, 3.05) is 11.5 Å². The van der Waals surface area contributed by atoms with E-state index < -0.39 is 0 Å². The molecule has 0 atom stereocenters. The van der Waals surface area contributed by atoms with Gasteiger partial charge in [0.2, 0.25) is 0 Å². The van der Waals surface area contributed by atoms with E-state index in [2.05, 4.69) is 36.4 Å². The molecule has 0 aliphatic heterocycles. The molecule has 0 spiro atoms. The Kier molecular flexibility index (Phi) is 4.24. The molecule has 3 rings (SSSR count). The van der Waals surface area contributed by atoms with E-state index in [4.69, 9.17) is 11.5 Å². The van der Waals surface area contributed by atoms with Crippen LogP contribution in [0.2, 0.25) is 0 Å². The molecular weight excluding hydrogens is 316 g/mol. The van der Waals surface area contributed by atoms with E-state index in [0.29, 0.717) is 0 Å². The van der Waals surface area contributed by atoms with Crippen molar-refractivity contribution in [1.82, 2.24) is 0 Å². The molecule has 4 N–H and O–H groups in total. The maximum atomic E-state index is 5.72. The van der Waals surface area contributed by atoms with E-state index in [-0.39, 0.29) is 0 Å². The van der Waals surface area contributed by atoms with Gasteiger partial charge in [-0.05, 0) is 60.7 Å². The summed E-state index contributed by atoms with van der Waals surface area (Å²) < 4.78 is 0. The van der Waals surface area contributed by atoms with Crippen LogP contribution in [0.5, 0.6) is 0 Å². The topological polar surface area (TPSA) is 52.0 Å². The van der Waals surface area contributed by atoms with Gasteiger partial charge < -0.3 is 11.5 Å². The Hall–Kier alpha value is -1.82. The van der Waals surface area contributed by atoms with Gasteiger partial charge in [-0.25, -0.2) is 0 Å². The van der Waals surface area contributed by atoms with Gasteiger partial charge >= 0.3 is 0 Å². The van der Waals surface area contributed by atoms with Gasteiger partial charge in [-0.1, -0.05) is 0 Å². The molecule has 0 amide bonds. The number of rotatable bonds is 4. The van der Waals surface area contributed by atoms with Gasteiger partial charge in [-0.2, -0.15) is 0 Å². The third kappa shape index (κ3) is 3.85. The first-order valence-corrected chi connectivity index (χ1v) is 8.81. The van der Waals surface area contributed by atoms with Crippen LogP contribution in [-0.4, -0.2) is 0 Å². The molecule has 0 bridgehead atoms. The summed E-state index contributed by atoms with van der Waals surface area (Å²) in [4.78, 5) is 4.80. The Bertz CT molecular complexity index is 725. The second kappa shape index (κ2) is 6.30. The first-order valence-electron chi connectivity index (χ1n) is 6.36. The molecule has 0 aliphatic carbocycles. The monoisotopic (exact) mass is 330 g/mol. The van der Waals surface area contributed by atoms with E-state index >= 15 is 0 Å². The first-order chi connectivity index (χ1) is 10.2. The quantitative estimate of drug-likeness (QED) is 0.675. The van der Waals surface area contributed by atoms with Crippen LogP contribution >= 0.6 is 34.0 Å². The largest absolute Gasteiger partial charge is 0.391 e. The summed E-state index contributed by atoms with van der Waals surface area (Å²) in [6.07, 6.45) is 8.44. The minimum atomic E-state index is 0.847. The minimum Gasteiger partial charge on any atom is -0.391 e. The summed E-state index contributed by atoms with van der Waals surface area (Å²) in [6.45, 7) is 0. The molecule has 0 unspecified atom stereocenters. The third-order valence-corrected chi connectivity index (χ3v) is 5.54. The Balaban J connectivity index is 1.68. The second-order valence-electron chi connectivity index (χ2n) is 4.39. The normalized spacial score (nSPS) is 11.8. The SMILES string of the molecule is Nc1ccc(/C=C/c2ccc(/C=C/c3ccc(N)s3)s2)s1. The van der Waals surface area contributed by atoms with Crippen molar-refractivity contribution in [2.24, 2.45) is 0 Å². The van der Waals surface area contributed by atoms with Gasteiger partial charge in [0.25, 0.3) is 0 Å². The third-order valence-electron chi connectivity index (χ3n) is 2.77. The zero-order valence-electron chi connectivity index (χ0n) is 11.2. The van der Waals surface area contributed by atoms with Gasteiger partial charge in [0.15, 0.2) is 0 Å². The molecule has 2 nitrogen and oxygen atoms in total. The smallest absolute Gasteiger partial charge is 0.0862 e. The lowest BCUT2D eigenvalue weighted by Crippen LogP contribution is -1.72. The highest BCUT2D eigenvalue weighted by atomic mass is 32.1. The summed E-state index contributed by atoms with van der Waals surface area (Å²) >= 11 is 4.95. The van der Waals surface area contributed by atoms with Crippen LogP contribution in [0.1, 0.15) is 19.5 Å². The molecule has 21 heavy (non-hydrogen) atoms. The fourth-order valence-electron chi connectivity index (χ4n) is 1.79. The van der Waals surface area contributed by atoms with Crippen molar-refractivity contribution in [2.45, 2.75) is 0 Å². The number of nitrogen functional groups attached to an aromatic ring is 2. The molecule has 0 saturated heterocycles. The Morgan fingerprint density at radius 2 is 0.857 bits per heavy atom. The summed E-state index contributed by atoms with van der Waals surface area (Å²) in [5, 5.41) is 1.69. The number of thiophene rings is 3. The predicted octanol–water partition coefficient (Wildman–Crippen LogP) is 5.38. The van der Waals surface area contributed by atoms with Gasteiger partial charge in [-0.3, -0.25) is 0 Å². The van der Waals surface area contributed by atoms with Gasteiger partial charge in [0.05, 0.1) is 10.0 Å². The minimum absolute atomic E-state index is 0.847. The van der Waals surface area contributed by atoms with E-state index in [9.17, 15) is 0 Å². The zero-order valence-corrected chi connectivity index (χ0v) is 13.6. The standard InChI is InChI=1S/C16H14N2S3/c17-15-9-7-13(20-15)5-3-11-1-2-12(19-11)4-6-14-8-10-16(18)21-14/h1-10H,17-18H2/b5-3+,6-4+. The van der Waals surface area contributed by atoms with Crippen molar-refractivity contribution in [3.05, 3.63) is 55.9 Å². The predicted molar refractivity (Wildman–Crippen MR) is 99.6 cm³/mol. The lowest BCUT2D eigenvalue weighted by molar-refractivity contribution is 1.90. The highest BCUT2D eigenvalue weighted by Gasteiger charge is 1.97. The fourth-order valence-corrected chi connectivity index (χ4v) is 3.97. The van der Waals surface area contributed by atoms with Crippen LogP contribution in [0.4, 0.5) is 10.0 Å². The average molecular weight is 331 g/mol. The van der Waals surface area contributed by atoms with Crippen LogP contribution in [0, 0.1) is 0 Å². The fraction of sp³-hybridized carbons (Fsp3) is 0. The summed E-state index contributed by atoms with van der Waals surface area (Å²) in [7, 11) is 0. The molecule has 0 aliphatic rings. The van der Waals surface area contributed by atoms with Gasteiger partial charge in [-0.15, -0.1) is 34.0 Å². The highest BCUT2D eigenvalue weighted by Crippen LogP contribution is 2.25. The molecule has 3 aromatic heterocycles. The van der Waals surface area contributed by atoms with E-state index in [0.717, 1.165) is 10.0 Å². The summed E-state index contributed by atoms with van der Waals surface area (Å²) in [5.74, 6) is 0. The van der Waals surface area contributed by atoms with Crippen molar-refractivity contribution in [3.8, 4) is 0 Å². The summed E-state index contributed by atoms with van der Waals surface area (Å²) in [6, 6.07) is 12.2. The Morgan fingerprint density at radius 1 is 0.524 bits per heavy atom. The second-order valence-corrected chi connectivity index (χ2v) is 7.83. The van der Waals surface area contributed by atoms with Crippen LogP contribution in [0.15, 0.2) is 36.4 Å². The summed E-state index contributed by atoms with van der Waals surface area (Å²) in [5.41, 5.74) is 11.4. The van der Waals surface area contributed by atoms with Crippen LogP contribution in [-0.2, 0) is 0 Å². The highest BCUT2D eigenvalue weighted by molar-refractivity contribution is 7.17. The van der Waals surface area contributed by atoms with Crippen molar-refractivity contribution in [3.63, 3.8) is 0 Å². The number of hydrogen-bond acceptors (Lipinski definition) is 5. The molecule has 0 fully saturated rings. The number of nitrogens with two attached hydrogens (primary N) is 2. The maximum Gasteiger partial charge on any atom is 0.0862 e. The zero-order chi connectivity index (χ0) is 14.7. The van der Waals surface area contributed by atoms with Gasteiger partial charge in [0, 0.05) is 19.5 Å². The first kappa shape index (κ1) is 14.1. The lowest BCUT2D eigenvalue weighted by Gasteiger charge is -1.86. The molecule has 0 aromatic carbocycles.